The number of rotatable bonds is 8. The van der Waals surface area contributed by atoms with Crippen LogP contribution in [0.25, 0.3) is 10.9 Å². The monoisotopic (exact) mass is 500 g/mol. The number of nitrogens with one attached hydrogen (secondary N) is 2. The number of H-pyrrole nitrogens is 1. The molecule has 0 atom stereocenters. The summed E-state index contributed by atoms with van der Waals surface area (Å²) in [6.07, 6.45) is 0. The number of ether oxygens (including phenoxy) is 3. The number of anilines is 3. The summed E-state index contributed by atoms with van der Waals surface area (Å²) < 4.78 is 16.5. The highest BCUT2D eigenvalue weighted by molar-refractivity contribution is 5.90. The highest BCUT2D eigenvalue weighted by atomic mass is 16.5. The van der Waals surface area contributed by atoms with Crippen LogP contribution in [0.2, 0.25) is 0 Å². The van der Waals surface area contributed by atoms with E-state index in [1.165, 1.54) is 11.4 Å². The van der Waals surface area contributed by atoms with E-state index in [9.17, 15) is 4.79 Å². The van der Waals surface area contributed by atoms with Gasteiger partial charge in [0.1, 0.15) is 0 Å². The first kappa shape index (κ1) is 24.4. The smallest absolute Gasteiger partial charge is 0.253 e. The quantitative estimate of drug-likeness (QED) is 0.369. The SMILES string of the molecule is COc1cc2[nH]c(=O)c(CNc3ccc(N4CCN(c5ccccc5)CC4)cc3)cc2c(OC)c1OC. The van der Waals surface area contributed by atoms with Crippen molar-refractivity contribution in [3.8, 4) is 17.2 Å². The molecule has 8 heteroatoms. The number of pyridine rings is 1. The van der Waals surface area contributed by atoms with Crippen LogP contribution in [0.4, 0.5) is 17.1 Å². The summed E-state index contributed by atoms with van der Waals surface area (Å²) in [5, 5.41) is 4.12. The standard InChI is InChI=1S/C29H32N4O4/c1-35-26-18-25-24(27(36-2)28(26)37-3)17-20(29(34)31-25)19-30-21-9-11-23(12-10-21)33-15-13-32(14-16-33)22-7-5-4-6-8-22/h4-12,17-18,30H,13-16,19H2,1-3H3,(H,31,34). The fraction of sp³-hybridized carbons (Fsp3) is 0.276. The molecule has 5 rings (SSSR count). The maximum Gasteiger partial charge on any atom is 0.253 e. The molecule has 1 fully saturated rings. The van der Waals surface area contributed by atoms with Crippen molar-refractivity contribution in [3.63, 3.8) is 0 Å². The van der Waals surface area contributed by atoms with E-state index in [1.807, 2.05) is 6.07 Å². The summed E-state index contributed by atoms with van der Waals surface area (Å²) >= 11 is 0. The average molecular weight is 501 g/mol. The zero-order valence-electron chi connectivity index (χ0n) is 21.4. The predicted octanol–water partition coefficient (Wildman–Crippen LogP) is 4.49. The van der Waals surface area contributed by atoms with Gasteiger partial charge < -0.3 is 34.3 Å². The number of hydrogen-bond donors (Lipinski definition) is 2. The van der Waals surface area contributed by atoms with E-state index in [0.29, 0.717) is 34.9 Å². The van der Waals surface area contributed by atoms with Gasteiger partial charge in [-0.15, -0.1) is 0 Å². The van der Waals surface area contributed by atoms with E-state index < -0.39 is 0 Å². The number of nitrogens with zero attached hydrogens (tertiary/aromatic N) is 2. The lowest BCUT2D eigenvalue weighted by molar-refractivity contribution is 0.327. The minimum Gasteiger partial charge on any atom is -0.493 e. The van der Waals surface area contributed by atoms with Gasteiger partial charge in [-0.05, 0) is 42.5 Å². The third-order valence-corrected chi connectivity index (χ3v) is 6.84. The van der Waals surface area contributed by atoms with Crippen LogP contribution >= 0.6 is 0 Å². The summed E-state index contributed by atoms with van der Waals surface area (Å²) in [5.41, 5.74) is 4.49. The van der Waals surface area contributed by atoms with Gasteiger partial charge in [0, 0.05) is 66.8 Å². The highest BCUT2D eigenvalue weighted by Crippen LogP contribution is 2.42. The van der Waals surface area contributed by atoms with Crippen molar-refractivity contribution in [1.29, 1.82) is 0 Å². The van der Waals surface area contributed by atoms with Gasteiger partial charge in [-0.2, -0.15) is 0 Å². The van der Waals surface area contributed by atoms with Crippen LogP contribution < -0.4 is 34.9 Å². The molecule has 0 aliphatic carbocycles. The highest BCUT2D eigenvalue weighted by Gasteiger charge is 2.19. The summed E-state index contributed by atoms with van der Waals surface area (Å²) in [5.74, 6) is 1.50. The van der Waals surface area contributed by atoms with Crippen LogP contribution in [0.1, 0.15) is 5.56 Å². The predicted molar refractivity (Wildman–Crippen MR) is 149 cm³/mol. The summed E-state index contributed by atoms with van der Waals surface area (Å²) in [6, 6.07) is 22.5. The molecular weight excluding hydrogens is 468 g/mol. The second-order valence-corrected chi connectivity index (χ2v) is 8.94. The summed E-state index contributed by atoms with van der Waals surface area (Å²) in [6.45, 7) is 4.32. The zero-order chi connectivity index (χ0) is 25.8. The molecule has 0 unspecified atom stereocenters. The molecule has 1 aliphatic rings. The van der Waals surface area contributed by atoms with Crippen LogP contribution in [-0.2, 0) is 6.54 Å². The molecule has 37 heavy (non-hydrogen) atoms. The molecule has 8 nitrogen and oxygen atoms in total. The van der Waals surface area contributed by atoms with Crippen molar-refractivity contribution in [2.75, 3.05) is 62.6 Å². The molecule has 4 aromatic rings. The lowest BCUT2D eigenvalue weighted by Crippen LogP contribution is -2.46. The van der Waals surface area contributed by atoms with Crippen molar-refractivity contribution < 1.29 is 14.2 Å². The first-order valence-electron chi connectivity index (χ1n) is 12.3. The van der Waals surface area contributed by atoms with Crippen LogP contribution in [0.3, 0.4) is 0 Å². The van der Waals surface area contributed by atoms with Crippen molar-refractivity contribution in [1.82, 2.24) is 4.98 Å². The Balaban J connectivity index is 1.26. The molecule has 0 amide bonds. The topological polar surface area (TPSA) is 79.1 Å². The van der Waals surface area contributed by atoms with Gasteiger partial charge in [0.05, 0.1) is 26.8 Å². The Bertz CT molecular complexity index is 1410. The fourth-order valence-corrected chi connectivity index (χ4v) is 4.85. The Morgan fingerprint density at radius 1 is 0.784 bits per heavy atom. The van der Waals surface area contributed by atoms with Crippen LogP contribution in [0, 0.1) is 0 Å². The molecule has 0 radical (unpaired) electrons. The van der Waals surface area contributed by atoms with E-state index in [0.717, 1.165) is 37.3 Å². The van der Waals surface area contributed by atoms with Gasteiger partial charge in [-0.3, -0.25) is 4.79 Å². The normalized spacial score (nSPS) is 13.5. The minimum absolute atomic E-state index is 0.165. The number of benzene rings is 3. The molecule has 3 aromatic carbocycles. The van der Waals surface area contributed by atoms with Crippen molar-refractivity contribution >= 4 is 28.0 Å². The molecule has 1 saturated heterocycles. The molecule has 0 bridgehead atoms. The Kier molecular flexibility index (Phi) is 7.07. The van der Waals surface area contributed by atoms with Crippen molar-refractivity contribution in [2.24, 2.45) is 0 Å². The van der Waals surface area contributed by atoms with E-state index in [4.69, 9.17) is 14.2 Å². The number of aromatic amines is 1. The van der Waals surface area contributed by atoms with Gasteiger partial charge in [0.25, 0.3) is 5.56 Å². The maximum absolute atomic E-state index is 12.8. The second kappa shape index (κ2) is 10.7. The van der Waals surface area contributed by atoms with E-state index in [-0.39, 0.29) is 5.56 Å². The van der Waals surface area contributed by atoms with Gasteiger partial charge >= 0.3 is 0 Å². The first-order chi connectivity index (χ1) is 18.1. The van der Waals surface area contributed by atoms with E-state index in [1.54, 1.807) is 27.4 Å². The molecule has 1 aliphatic heterocycles. The Hall–Kier alpha value is -4.33. The number of methoxy groups -OCH3 is 3. The molecule has 2 heterocycles. The number of hydrogen-bond acceptors (Lipinski definition) is 7. The third kappa shape index (κ3) is 5.00. The van der Waals surface area contributed by atoms with Crippen molar-refractivity contribution in [2.45, 2.75) is 6.54 Å². The molecule has 192 valence electrons. The average Bonchev–Trinajstić information content (AvgIpc) is 2.96. The van der Waals surface area contributed by atoms with E-state index >= 15 is 0 Å². The summed E-state index contributed by atoms with van der Waals surface area (Å²) in [4.78, 5) is 20.6. The second-order valence-electron chi connectivity index (χ2n) is 8.94. The van der Waals surface area contributed by atoms with Gasteiger partial charge in [-0.25, -0.2) is 0 Å². The largest absolute Gasteiger partial charge is 0.493 e. The van der Waals surface area contributed by atoms with Crippen LogP contribution in [-0.4, -0.2) is 52.5 Å². The maximum atomic E-state index is 12.8. The Morgan fingerprint density at radius 2 is 1.41 bits per heavy atom. The lowest BCUT2D eigenvalue weighted by Gasteiger charge is -2.37. The van der Waals surface area contributed by atoms with Gasteiger partial charge in [0.2, 0.25) is 5.75 Å². The summed E-state index contributed by atoms with van der Waals surface area (Å²) in [7, 11) is 4.69. The number of fused-ring (bicyclic) bond motifs is 1. The molecular formula is C29H32N4O4. The number of aromatic nitrogens is 1. The molecule has 1 aromatic heterocycles. The fourth-order valence-electron chi connectivity index (χ4n) is 4.85. The lowest BCUT2D eigenvalue weighted by atomic mass is 10.1. The van der Waals surface area contributed by atoms with E-state index in [2.05, 4.69) is 74.7 Å². The molecule has 0 spiro atoms. The van der Waals surface area contributed by atoms with Crippen LogP contribution in [0.15, 0.2) is 71.5 Å². The first-order valence-corrected chi connectivity index (χ1v) is 12.3. The van der Waals surface area contributed by atoms with Gasteiger partial charge in [0.15, 0.2) is 11.5 Å². The molecule has 2 N–H and O–H groups in total. The minimum atomic E-state index is -0.165. The number of para-hydroxylation sites is 1. The Labute approximate surface area is 216 Å². The van der Waals surface area contributed by atoms with Gasteiger partial charge in [-0.1, -0.05) is 18.2 Å². The third-order valence-electron chi connectivity index (χ3n) is 6.84. The molecule has 0 saturated carbocycles. The van der Waals surface area contributed by atoms with Crippen LogP contribution in [0.5, 0.6) is 17.2 Å². The number of piperazine rings is 1. The zero-order valence-corrected chi connectivity index (χ0v) is 21.4. The Morgan fingerprint density at radius 3 is 2.00 bits per heavy atom. The van der Waals surface area contributed by atoms with Crippen molar-refractivity contribution in [3.05, 3.63) is 82.6 Å².